The summed E-state index contributed by atoms with van der Waals surface area (Å²) in [4.78, 5) is 12.1. The second-order valence-electron chi connectivity index (χ2n) is 7.46. The van der Waals surface area contributed by atoms with E-state index in [2.05, 4.69) is 0 Å². The highest BCUT2D eigenvalue weighted by molar-refractivity contribution is 6.62. The molecule has 0 unspecified atom stereocenters. The first kappa shape index (κ1) is 19.0. The highest BCUT2D eigenvalue weighted by Gasteiger charge is 2.51. The summed E-state index contributed by atoms with van der Waals surface area (Å²) < 4.78 is 18.4. The van der Waals surface area contributed by atoms with Crippen molar-refractivity contribution in [3.8, 4) is 11.8 Å². The highest BCUT2D eigenvalue weighted by Crippen LogP contribution is 2.36. The molecule has 0 bridgehead atoms. The molecular formula is C19H22BN3O4. The Hall–Kier alpha value is -2.76. The number of hydrogen-bond donors (Lipinski definition) is 1. The number of carbonyl (C=O) groups is 1. The quantitative estimate of drug-likeness (QED) is 0.658. The second kappa shape index (κ2) is 6.45. The maximum atomic E-state index is 12.1. The zero-order valence-electron chi connectivity index (χ0n) is 16.1. The molecule has 1 aromatic heterocycles. The van der Waals surface area contributed by atoms with Crippen LogP contribution in [0.2, 0.25) is 0 Å². The summed E-state index contributed by atoms with van der Waals surface area (Å²) in [5.74, 6) is -0.607. The number of ether oxygens (including phenoxy) is 1. The minimum absolute atomic E-state index is 0.0967. The first-order valence-electron chi connectivity index (χ1n) is 8.56. The molecule has 8 heteroatoms. The van der Waals surface area contributed by atoms with E-state index < -0.39 is 24.3 Å². The Morgan fingerprint density at radius 2 is 1.74 bits per heavy atom. The normalized spacial score (nSPS) is 17.6. The van der Waals surface area contributed by atoms with Gasteiger partial charge in [-0.2, -0.15) is 5.26 Å². The third kappa shape index (κ3) is 3.09. The van der Waals surface area contributed by atoms with Gasteiger partial charge in [-0.05, 0) is 45.3 Å². The van der Waals surface area contributed by atoms with Gasteiger partial charge in [0.25, 0.3) is 0 Å². The lowest BCUT2D eigenvalue weighted by Crippen LogP contribution is -2.41. The van der Waals surface area contributed by atoms with E-state index in [1.54, 1.807) is 4.57 Å². The molecule has 3 rings (SSSR count). The predicted molar refractivity (Wildman–Crippen MR) is 102 cm³/mol. The van der Waals surface area contributed by atoms with Crippen LogP contribution in [0, 0.1) is 11.3 Å². The van der Waals surface area contributed by atoms with E-state index >= 15 is 0 Å². The molecule has 2 N–H and O–H groups in total. The van der Waals surface area contributed by atoms with Crippen molar-refractivity contribution in [3.05, 3.63) is 41.7 Å². The number of methoxy groups -OCH3 is 1. The van der Waals surface area contributed by atoms with Crippen LogP contribution in [0.15, 0.2) is 30.5 Å². The Morgan fingerprint density at radius 1 is 1.19 bits per heavy atom. The van der Waals surface area contributed by atoms with Crippen molar-refractivity contribution in [3.63, 3.8) is 0 Å². The summed E-state index contributed by atoms with van der Waals surface area (Å²) in [6.45, 7) is 7.98. The lowest BCUT2D eigenvalue weighted by atomic mass is 9.79. The number of nitrogens with two attached hydrogens (primary N) is 1. The average molecular weight is 367 g/mol. The maximum Gasteiger partial charge on any atom is 0.494 e. The summed E-state index contributed by atoms with van der Waals surface area (Å²) in [7, 11) is 0.792. The van der Waals surface area contributed by atoms with E-state index in [0.717, 1.165) is 5.46 Å². The van der Waals surface area contributed by atoms with Gasteiger partial charge in [-0.25, -0.2) is 4.79 Å². The number of carbonyl (C=O) groups excluding carboxylic acids is 1. The largest absolute Gasteiger partial charge is 0.494 e. The molecular weight excluding hydrogens is 345 g/mol. The van der Waals surface area contributed by atoms with Crippen LogP contribution in [0.25, 0.3) is 5.69 Å². The van der Waals surface area contributed by atoms with Crippen molar-refractivity contribution in [2.75, 3.05) is 12.8 Å². The lowest BCUT2D eigenvalue weighted by molar-refractivity contribution is 0.00578. The summed E-state index contributed by atoms with van der Waals surface area (Å²) in [6.07, 6.45) is 1.52. The van der Waals surface area contributed by atoms with Gasteiger partial charge in [0.1, 0.15) is 6.07 Å². The molecule has 7 nitrogen and oxygen atoms in total. The van der Waals surface area contributed by atoms with E-state index in [1.807, 2.05) is 58.0 Å². The van der Waals surface area contributed by atoms with Crippen LogP contribution in [-0.4, -0.2) is 36.0 Å². The van der Waals surface area contributed by atoms with Crippen molar-refractivity contribution in [1.29, 1.82) is 5.26 Å². The van der Waals surface area contributed by atoms with E-state index in [4.69, 9.17) is 19.8 Å². The number of aromatic nitrogens is 1. The SMILES string of the molecule is COC(=O)c1c(N)c(C#N)cn1-c1ccc(B2OC(C)(C)C(C)(C)O2)cc1. The molecule has 0 aliphatic carbocycles. The minimum Gasteiger partial charge on any atom is -0.464 e. The van der Waals surface area contributed by atoms with Crippen LogP contribution in [-0.2, 0) is 14.0 Å². The molecule has 1 saturated heterocycles. The molecule has 0 radical (unpaired) electrons. The zero-order valence-corrected chi connectivity index (χ0v) is 16.1. The highest BCUT2D eigenvalue weighted by atomic mass is 16.7. The molecule has 0 amide bonds. The Labute approximate surface area is 158 Å². The van der Waals surface area contributed by atoms with Gasteiger partial charge in [0.15, 0.2) is 5.69 Å². The Morgan fingerprint density at radius 3 is 2.22 bits per heavy atom. The Bertz CT molecular complexity index is 910. The van der Waals surface area contributed by atoms with Crippen molar-refractivity contribution in [1.82, 2.24) is 4.57 Å². The van der Waals surface area contributed by atoms with E-state index in [-0.39, 0.29) is 16.9 Å². The van der Waals surface area contributed by atoms with Crippen molar-refractivity contribution >= 4 is 24.2 Å². The average Bonchev–Trinajstić information content (AvgIpc) is 3.07. The number of esters is 1. The first-order valence-corrected chi connectivity index (χ1v) is 8.56. The fourth-order valence-electron chi connectivity index (χ4n) is 2.89. The molecule has 1 aliphatic rings. The van der Waals surface area contributed by atoms with Gasteiger partial charge in [-0.15, -0.1) is 0 Å². The van der Waals surface area contributed by atoms with Crippen LogP contribution in [0.5, 0.6) is 0 Å². The van der Waals surface area contributed by atoms with E-state index in [1.165, 1.54) is 13.3 Å². The molecule has 0 atom stereocenters. The predicted octanol–water partition coefficient (Wildman–Crippen LogP) is 2.02. The van der Waals surface area contributed by atoms with Gasteiger partial charge < -0.3 is 24.3 Å². The molecule has 0 spiro atoms. The van der Waals surface area contributed by atoms with Crippen LogP contribution in [0.1, 0.15) is 43.7 Å². The number of nitrogen functional groups attached to an aromatic ring is 1. The zero-order chi connectivity index (χ0) is 20.0. The molecule has 2 heterocycles. The number of nitriles is 1. The molecule has 140 valence electrons. The molecule has 1 fully saturated rings. The third-order valence-corrected chi connectivity index (χ3v) is 5.24. The molecule has 27 heavy (non-hydrogen) atoms. The Kier molecular flexibility index (Phi) is 4.54. The van der Waals surface area contributed by atoms with Gasteiger partial charge in [-0.1, -0.05) is 12.1 Å². The van der Waals surface area contributed by atoms with Crippen molar-refractivity contribution in [2.24, 2.45) is 0 Å². The van der Waals surface area contributed by atoms with Gasteiger partial charge >= 0.3 is 13.1 Å². The summed E-state index contributed by atoms with van der Waals surface area (Å²) in [6, 6.07) is 9.33. The Balaban J connectivity index is 1.96. The number of hydrogen-bond acceptors (Lipinski definition) is 6. The van der Waals surface area contributed by atoms with Gasteiger partial charge in [0, 0.05) is 11.9 Å². The van der Waals surface area contributed by atoms with Gasteiger partial charge in [0.2, 0.25) is 0 Å². The number of benzene rings is 1. The molecule has 2 aromatic rings. The molecule has 1 aliphatic heterocycles. The number of rotatable bonds is 3. The molecule has 1 aromatic carbocycles. The summed E-state index contributed by atoms with van der Waals surface area (Å²) >= 11 is 0. The van der Waals surface area contributed by atoms with Gasteiger partial charge in [-0.3, -0.25) is 0 Å². The van der Waals surface area contributed by atoms with E-state index in [0.29, 0.717) is 5.69 Å². The smallest absolute Gasteiger partial charge is 0.464 e. The van der Waals surface area contributed by atoms with Gasteiger partial charge in [0.05, 0.1) is 29.6 Å². The van der Waals surface area contributed by atoms with Crippen molar-refractivity contribution < 1.29 is 18.8 Å². The topological polar surface area (TPSA) is 99.5 Å². The fourth-order valence-corrected chi connectivity index (χ4v) is 2.89. The number of nitrogens with zero attached hydrogens (tertiary/aromatic N) is 2. The second-order valence-corrected chi connectivity index (χ2v) is 7.46. The first-order chi connectivity index (χ1) is 12.6. The monoisotopic (exact) mass is 367 g/mol. The van der Waals surface area contributed by atoms with Crippen LogP contribution in [0.3, 0.4) is 0 Å². The van der Waals surface area contributed by atoms with Crippen molar-refractivity contribution in [2.45, 2.75) is 38.9 Å². The summed E-state index contributed by atoms with van der Waals surface area (Å²) in [5.41, 5.74) is 7.04. The standard InChI is InChI=1S/C19H22BN3O4/c1-18(2)19(3,4)27-20(26-18)13-6-8-14(9-7-13)23-11-12(10-21)15(22)16(23)17(24)25-5/h6-9,11H,22H2,1-5H3. The van der Waals surface area contributed by atoms with Crippen LogP contribution in [0.4, 0.5) is 5.69 Å². The summed E-state index contributed by atoms with van der Waals surface area (Å²) in [5, 5.41) is 9.21. The number of anilines is 1. The van der Waals surface area contributed by atoms with E-state index in [9.17, 15) is 10.1 Å². The minimum atomic E-state index is -0.607. The lowest BCUT2D eigenvalue weighted by Gasteiger charge is -2.32. The molecule has 0 saturated carbocycles. The third-order valence-electron chi connectivity index (χ3n) is 5.24. The fraction of sp³-hybridized carbons (Fsp3) is 0.368. The van der Waals surface area contributed by atoms with Crippen LogP contribution < -0.4 is 11.2 Å². The van der Waals surface area contributed by atoms with Crippen LogP contribution >= 0.6 is 0 Å². The maximum absolute atomic E-state index is 12.1.